The largest absolute Gasteiger partial charge is 0.492 e. The molecule has 0 saturated carbocycles. The molecule has 6 heteroatoms. The Morgan fingerprint density at radius 2 is 2.12 bits per heavy atom. The molecule has 0 aromatic carbocycles. The molecule has 1 aromatic rings. The van der Waals surface area contributed by atoms with Crippen LogP contribution < -0.4 is 4.74 Å². The maximum absolute atomic E-state index is 11.8. The van der Waals surface area contributed by atoms with Crippen molar-refractivity contribution >= 4 is 11.6 Å². The van der Waals surface area contributed by atoms with Gasteiger partial charge in [-0.15, -0.1) is 11.6 Å². The number of rotatable bonds is 5. The van der Waals surface area contributed by atoms with E-state index in [-0.39, 0.29) is 18.9 Å². The highest BCUT2D eigenvalue weighted by molar-refractivity contribution is 6.17. The molecule has 0 radical (unpaired) electrons. The van der Waals surface area contributed by atoms with Gasteiger partial charge in [-0.3, -0.25) is 4.98 Å². The lowest BCUT2D eigenvalue weighted by molar-refractivity contribution is -0.136. The fourth-order valence-electron chi connectivity index (χ4n) is 1.10. The normalized spacial score (nSPS) is 11.5. The first-order chi connectivity index (χ1) is 7.53. The molecular formula is C10H11ClF3NO. The van der Waals surface area contributed by atoms with Gasteiger partial charge in [0.1, 0.15) is 5.75 Å². The number of pyridine rings is 1. The summed E-state index contributed by atoms with van der Waals surface area (Å²) < 4.78 is 40.7. The molecule has 0 spiro atoms. The van der Waals surface area contributed by atoms with Gasteiger partial charge < -0.3 is 4.74 Å². The SMILES string of the molecule is FC(F)(F)CCCOc1cnccc1CCl. The molecule has 0 atom stereocenters. The summed E-state index contributed by atoms with van der Waals surface area (Å²) in [6, 6.07) is 1.67. The summed E-state index contributed by atoms with van der Waals surface area (Å²) in [7, 11) is 0. The number of ether oxygens (including phenoxy) is 1. The smallest absolute Gasteiger partial charge is 0.389 e. The Kier molecular flexibility index (Phi) is 4.86. The van der Waals surface area contributed by atoms with Crippen molar-refractivity contribution in [3.05, 3.63) is 24.0 Å². The van der Waals surface area contributed by atoms with Gasteiger partial charge in [0.2, 0.25) is 0 Å². The zero-order chi connectivity index (χ0) is 12.0. The van der Waals surface area contributed by atoms with Crippen LogP contribution in [0, 0.1) is 0 Å². The van der Waals surface area contributed by atoms with Gasteiger partial charge in [-0.25, -0.2) is 0 Å². The average Bonchev–Trinajstić information content (AvgIpc) is 2.23. The molecule has 16 heavy (non-hydrogen) atoms. The fraction of sp³-hybridized carbons (Fsp3) is 0.500. The minimum atomic E-state index is -4.13. The minimum absolute atomic E-state index is 0.00902. The molecule has 90 valence electrons. The number of hydrogen-bond donors (Lipinski definition) is 0. The predicted octanol–water partition coefficient (Wildman–Crippen LogP) is 3.54. The van der Waals surface area contributed by atoms with Crippen molar-refractivity contribution in [2.75, 3.05) is 6.61 Å². The number of hydrogen-bond acceptors (Lipinski definition) is 2. The van der Waals surface area contributed by atoms with E-state index in [1.54, 1.807) is 12.3 Å². The Hall–Kier alpha value is -0.970. The number of alkyl halides is 4. The first-order valence-corrected chi connectivity index (χ1v) is 5.25. The van der Waals surface area contributed by atoms with Gasteiger partial charge in [0.25, 0.3) is 0 Å². The lowest BCUT2D eigenvalue weighted by atomic mass is 10.3. The Morgan fingerprint density at radius 1 is 1.38 bits per heavy atom. The third-order valence-corrected chi connectivity index (χ3v) is 2.16. The van der Waals surface area contributed by atoms with E-state index in [0.29, 0.717) is 5.75 Å². The third-order valence-electron chi connectivity index (χ3n) is 1.88. The summed E-state index contributed by atoms with van der Waals surface area (Å²) in [5, 5.41) is 0. The highest BCUT2D eigenvalue weighted by Crippen LogP contribution is 2.22. The first kappa shape index (κ1) is 13.1. The molecule has 0 aliphatic heterocycles. The van der Waals surface area contributed by atoms with Crippen molar-refractivity contribution in [3.8, 4) is 5.75 Å². The molecule has 0 amide bonds. The van der Waals surface area contributed by atoms with Crippen molar-refractivity contribution in [1.29, 1.82) is 0 Å². The van der Waals surface area contributed by atoms with Crippen molar-refractivity contribution in [2.45, 2.75) is 24.9 Å². The van der Waals surface area contributed by atoms with E-state index in [2.05, 4.69) is 4.98 Å². The van der Waals surface area contributed by atoms with Crippen LogP contribution in [0.5, 0.6) is 5.75 Å². The molecule has 2 nitrogen and oxygen atoms in total. The third kappa shape index (κ3) is 4.70. The quantitative estimate of drug-likeness (QED) is 0.591. The lowest BCUT2D eigenvalue weighted by Gasteiger charge is -2.10. The van der Waals surface area contributed by atoms with E-state index < -0.39 is 12.6 Å². The molecule has 1 aromatic heterocycles. The molecule has 0 fully saturated rings. The van der Waals surface area contributed by atoms with Gasteiger partial charge in [-0.05, 0) is 12.5 Å². The fourth-order valence-corrected chi connectivity index (χ4v) is 1.32. The summed E-state index contributed by atoms with van der Waals surface area (Å²) >= 11 is 5.63. The van der Waals surface area contributed by atoms with Crippen LogP contribution in [0.25, 0.3) is 0 Å². The first-order valence-electron chi connectivity index (χ1n) is 4.71. The predicted molar refractivity (Wildman–Crippen MR) is 54.6 cm³/mol. The molecule has 0 N–H and O–H groups in total. The monoisotopic (exact) mass is 253 g/mol. The highest BCUT2D eigenvalue weighted by Gasteiger charge is 2.26. The second-order valence-electron chi connectivity index (χ2n) is 3.18. The van der Waals surface area contributed by atoms with E-state index in [1.807, 2.05) is 0 Å². The van der Waals surface area contributed by atoms with E-state index in [1.165, 1.54) is 6.20 Å². The van der Waals surface area contributed by atoms with Gasteiger partial charge in [-0.2, -0.15) is 13.2 Å². The maximum atomic E-state index is 11.8. The van der Waals surface area contributed by atoms with Gasteiger partial charge in [0.05, 0.1) is 18.7 Å². The van der Waals surface area contributed by atoms with E-state index in [0.717, 1.165) is 5.56 Å². The molecule has 0 bridgehead atoms. The summed E-state index contributed by atoms with van der Waals surface area (Å²) in [4.78, 5) is 3.81. The Labute approximate surface area is 96.4 Å². The van der Waals surface area contributed by atoms with Gasteiger partial charge in [0, 0.05) is 18.2 Å². The average molecular weight is 254 g/mol. The van der Waals surface area contributed by atoms with Gasteiger partial charge >= 0.3 is 6.18 Å². The van der Waals surface area contributed by atoms with Crippen LogP contribution in [0.4, 0.5) is 13.2 Å². The molecule has 0 aliphatic carbocycles. The topological polar surface area (TPSA) is 22.1 Å². The van der Waals surface area contributed by atoms with Crippen LogP contribution in [0.2, 0.25) is 0 Å². The Bertz CT molecular complexity index is 330. The van der Waals surface area contributed by atoms with Crippen LogP contribution in [0.1, 0.15) is 18.4 Å². The van der Waals surface area contributed by atoms with Gasteiger partial charge in [-0.1, -0.05) is 0 Å². The van der Waals surface area contributed by atoms with Crippen molar-refractivity contribution in [2.24, 2.45) is 0 Å². The summed E-state index contributed by atoms with van der Waals surface area (Å²) in [6.45, 7) is 0.00902. The van der Waals surface area contributed by atoms with Crippen LogP contribution in [0.3, 0.4) is 0 Å². The van der Waals surface area contributed by atoms with Crippen molar-refractivity contribution < 1.29 is 17.9 Å². The van der Waals surface area contributed by atoms with E-state index in [9.17, 15) is 13.2 Å². The van der Waals surface area contributed by atoms with E-state index >= 15 is 0 Å². The second-order valence-corrected chi connectivity index (χ2v) is 3.45. The number of halogens is 4. The highest BCUT2D eigenvalue weighted by atomic mass is 35.5. The summed E-state index contributed by atoms with van der Waals surface area (Å²) in [5.74, 6) is 0.691. The standard InChI is InChI=1S/C10H11ClF3NO/c11-6-8-2-4-15-7-9(8)16-5-1-3-10(12,13)14/h2,4,7H,1,3,5-6H2. The van der Waals surface area contributed by atoms with Crippen molar-refractivity contribution in [1.82, 2.24) is 4.98 Å². The molecule has 1 heterocycles. The summed E-state index contributed by atoms with van der Waals surface area (Å²) in [6.07, 6.45) is -2.04. The van der Waals surface area contributed by atoms with Crippen LogP contribution >= 0.6 is 11.6 Å². The Morgan fingerprint density at radius 3 is 2.75 bits per heavy atom. The van der Waals surface area contributed by atoms with Gasteiger partial charge in [0.15, 0.2) is 0 Å². The molecule has 0 aliphatic rings. The van der Waals surface area contributed by atoms with Crippen LogP contribution in [-0.4, -0.2) is 17.8 Å². The second kappa shape index (κ2) is 5.94. The zero-order valence-electron chi connectivity index (χ0n) is 8.43. The maximum Gasteiger partial charge on any atom is 0.389 e. The number of nitrogens with zero attached hydrogens (tertiary/aromatic N) is 1. The minimum Gasteiger partial charge on any atom is -0.492 e. The summed E-state index contributed by atoms with van der Waals surface area (Å²) in [5.41, 5.74) is 0.726. The molecule has 0 unspecified atom stereocenters. The van der Waals surface area contributed by atoms with Crippen molar-refractivity contribution in [3.63, 3.8) is 0 Å². The van der Waals surface area contributed by atoms with E-state index in [4.69, 9.17) is 16.3 Å². The molecule has 1 rings (SSSR count). The van der Waals surface area contributed by atoms with Crippen LogP contribution in [-0.2, 0) is 5.88 Å². The van der Waals surface area contributed by atoms with Crippen LogP contribution in [0.15, 0.2) is 18.5 Å². The zero-order valence-corrected chi connectivity index (χ0v) is 9.18. The number of aromatic nitrogens is 1. The Balaban J connectivity index is 2.37. The lowest BCUT2D eigenvalue weighted by Crippen LogP contribution is -2.10. The molecule has 0 saturated heterocycles. The molecular weight excluding hydrogens is 243 g/mol.